The Morgan fingerprint density at radius 1 is 1.32 bits per heavy atom. The zero-order chi connectivity index (χ0) is 19.3. The topological polar surface area (TPSA) is 72.3 Å². The smallest absolute Gasteiger partial charge is 0.253 e. The summed E-state index contributed by atoms with van der Waals surface area (Å²) in [7, 11) is 2.12. The Labute approximate surface area is 165 Å². The number of piperidine rings is 1. The molecule has 5 heterocycles. The maximum absolute atomic E-state index is 13.9. The molecule has 1 N–H and O–H groups in total. The van der Waals surface area contributed by atoms with Gasteiger partial charge in [-0.1, -0.05) is 0 Å². The first-order valence-electron chi connectivity index (χ1n) is 9.26. The number of rotatable bonds is 3. The number of nitrogens with one attached hydrogen (secondary N) is 1. The molecule has 1 unspecified atom stereocenters. The van der Waals surface area contributed by atoms with Gasteiger partial charge in [-0.25, -0.2) is 9.37 Å². The summed E-state index contributed by atoms with van der Waals surface area (Å²) in [6, 6.07) is 2.07. The van der Waals surface area contributed by atoms with E-state index < -0.39 is 5.82 Å². The average Bonchev–Trinajstić information content (AvgIpc) is 3.29. The number of aromatic nitrogens is 3. The van der Waals surface area contributed by atoms with Crippen molar-refractivity contribution in [1.29, 1.82) is 0 Å². The lowest BCUT2D eigenvalue weighted by atomic mass is 9.90. The molecule has 7 nitrogen and oxygen atoms in total. The van der Waals surface area contributed by atoms with E-state index in [1.807, 2.05) is 0 Å². The molecule has 0 aliphatic carbocycles. The first kappa shape index (κ1) is 17.7. The molecule has 3 aromatic heterocycles. The van der Waals surface area contributed by atoms with Crippen LogP contribution >= 0.6 is 11.3 Å². The van der Waals surface area contributed by atoms with Crippen LogP contribution < -0.4 is 5.32 Å². The summed E-state index contributed by atoms with van der Waals surface area (Å²) in [5.74, 6) is -0.663. The molecule has 28 heavy (non-hydrogen) atoms. The average molecular weight is 401 g/mol. The third-order valence-electron chi connectivity index (χ3n) is 5.73. The zero-order valence-corrected chi connectivity index (χ0v) is 16.2. The summed E-state index contributed by atoms with van der Waals surface area (Å²) in [6.07, 6.45) is 6.28. The van der Waals surface area contributed by atoms with Crippen molar-refractivity contribution in [3.8, 4) is 5.00 Å². The Kier molecular flexibility index (Phi) is 4.37. The normalized spacial score (nSPS) is 25.1. The highest BCUT2D eigenvalue weighted by Crippen LogP contribution is 2.28. The fourth-order valence-electron chi connectivity index (χ4n) is 4.24. The van der Waals surface area contributed by atoms with E-state index in [4.69, 9.17) is 4.74 Å². The molecule has 2 saturated heterocycles. The summed E-state index contributed by atoms with van der Waals surface area (Å²) >= 11 is 1.43. The Bertz CT molecular complexity index is 1010. The first-order chi connectivity index (χ1) is 13.6. The molecule has 2 fully saturated rings. The van der Waals surface area contributed by atoms with Crippen molar-refractivity contribution in [2.75, 3.05) is 20.3 Å². The number of hydrogen-bond donors (Lipinski definition) is 1. The number of carbonyl (C=O) groups is 1. The number of ether oxygens (including phenoxy) is 1. The van der Waals surface area contributed by atoms with Gasteiger partial charge in [0, 0.05) is 29.7 Å². The van der Waals surface area contributed by atoms with Gasteiger partial charge in [0.2, 0.25) is 0 Å². The van der Waals surface area contributed by atoms with Gasteiger partial charge in [-0.05, 0) is 26.0 Å². The van der Waals surface area contributed by atoms with Crippen LogP contribution in [0.15, 0.2) is 30.2 Å². The molecule has 3 aromatic rings. The molecule has 2 bridgehead atoms. The van der Waals surface area contributed by atoms with Crippen LogP contribution in [0.2, 0.25) is 0 Å². The standard InChI is InChI=1S/C19H20FN5O2S/c1-24-13-3-12(4-14(24)9-27-8-13)23-19(26)16-7-25(17-6-21-10-28-17)18-15(16)2-11(20)5-22-18/h2,5-7,10,12-14H,3-4,8-9H2,1H3,(H,23,26)/t12?,13-,14+. The molecule has 146 valence electrons. The van der Waals surface area contributed by atoms with Gasteiger partial charge in [0.15, 0.2) is 0 Å². The summed E-state index contributed by atoms with van der Waals surface area (Å²) in [5, 5.41) is 4.49. The molecule has 2 aliphatic rings. The highest BCUT2D eigenvalue weighted by Gasteiger charge is 2.37. The lowest BCUT2D eigenvalue weighted by Gasteiger charge is -2.46. The number of fused-ring (bicyclic) bond motifs is 3. The SMILES string of the molecule is CN1[C@@H]2COC[C@H]1CC(NC(=O)c1cn(-c3cncs3)c3ncc(F)cc13)C2. The summed E-state index contributed by atoms with van der Waals surface area (Å²) in [4.78, 5) is 23.7. The van der Waals surface area contributed by atoms with E-state index in [0.29, 0.717) is 41.9 Å². The van der Waals surface area contributed by atoms with Gasteiger partial charge in [0.05, 0.1) is 36.7 Å². The lowest BCUT2D eigenvalue weighted by molar-refractivity contribution is -0.0670. The number of nitrogens with zero attached hydrogens (tertiary/aromatic N) is 4. The van der Waals surface area contributed by atoms with E-state index in [1.54, 1.807) is 22.5 Å². The van der Waals surface area contributed by atoms with Crippen LogP contribution in [0.4, 0.5) is 4.39 Å². The number of carbonyl (C=O) groups excluding carboxylic acids is 1. The second-order valence-corrected chi connectivity index (χ2v) is 8.29. The molecule has 1 amide bonds. The van der Waals surface area contributed by atoms with Crippen molar-refractivity contribution in [1.82, 2.24) is 24.8 Å². The van der Waals surface area contributed by atoms with Crippen LogP contribution in [0, 0.1) is 5.82 Å². The maximum atomic E-state index is 13.9. The van der Waals surface area contributed by atoms with E-state index in [1.165, 1.54) is 23.6 Å². The minimum atomic E-state index is -0.463. The summed E-state index contributed by atoms with van der Waals surface area (Å²) < 4.78 is 21.3. The fourth-order valence-corrected chi connectivity index (χ4v) is 4.84. The van der Waals surface area contributed by atoms with Crippen molar-refractivity contribution < 1.29 is 13.9 Å². The van der Waals surface area contributed by atoms with E-state index in [-0.39, 0.29) is 11.9 Å². The Morgan fingerprint density at radius 3 is 2.82 bits per heavy atom. The molecule has 0 saturated carbocycles. The van der Waals surface area contributed by atoms with Crippen LogP contribution in [-0.4, -0.2) is 63.7 Å². The minimum Gasteiger partial charge on any atom is -0.378 e. The molecule has 0 spiro atoms. The van der Waals surface area contributed by atoms with Gasteiger partial charge in [-0.3, -0.25) is 19.2 Å². The van der Waals surface area contributed by atoms with Crippen molar-refractivity contribution in [2.24, 2.45) is 0 Å². The third-order valence-corrected chi connectivity index (χ3v) is 6.50. The van der Waals surface area contributed by atoms with Gasteiger partial charge in [-0.15, -0.1) is 11.3 Å². The number of amides is 1. The van der Waals surface area contributed by atoms with Gasteiger partial charge in [0.1, 0.15) is 16.5 Å². The van der Waals surface area contributed by atoms with Crippen LogP contribution in [0.3, 0.4) is 0 Å². The monoisotopic (exact) mass is 401 g/mol. The highest BCUT2D eigenvalue weighted by atomic mass is 32.1. The largest absolute Gasteiger partial charge is 0.378 e. The number of morpholine rings is 1. The Balaban J connectivity index is 1.46. The minimum absolute atomic E-state index is 0.0749. The van der Waals surface area contributed by atoms with Crippen molar-refractivity contribution >= 4 is 28.3 Å². The summed E-state index contributed by atoms with van der Waals surface area (Å²) in [5.41, 5.74) is 2.68. The molecule has 3 atom stereocenters. The predicted molar refractivity (Wildman–Crippen MR) is 103 cm³/mol. The van der Waals surface area contributed by atoms with E-state index in [2.05, 4.69) is 27.2 Å². The molecular weight excluding hydrogens is 381 g/mol. The third kappa shape index (κ3) is 2.99. The number of likely N-dealkylation sites (N-methyl/N-ethyl adjacent to an activating group) is 1. The van der Waals surface area contributed by atoms with Crippen LogP contribution in [0.25, 0.3) is 16.0 Å². The molecule has 2 aliphatic heterocycles. The van der Waals surface area contributed by atoms with Gasteiger partial charge in [-0.2, -0.15) is 0 Å². The molecular formula is C19H20FN5O2S. The number of hydrogen-bond acceptors (Lipinski definition) is 6. The number of thiazole rings is 1. The highest BCUT2D eigenvalue weighted by molar-refractivity contribution is 7.12. The summed E-state index contributed by atoms with van der Waals surface area (Å²) in [6.45, 7) is 1.39. The van der Waals surface area contributed by atoms with E-state index >= 15 is 0 Å². The second kappa shape index (κ2) is 6.91. The fraction of sp³-hybridized carbons (Fsp3) is 0.421. The van der Waals surface area contributed by atoms with Crippen LogP contribution in [0.1, 0.15) is 23.2 Å². The molecule has 9 heteroatoms. The van der Waals surface area contributed by atoms with Crippen molar-refractivity contribution in [3.63, 3.8) is 0 Å². The maximum Gasteiger partial charge on any atom is 0.253 e. The number of pyridine rings is 1. The van der Waals surface area contributed by atoms with Crippen LogP contribution in [-0.2, 0) is 4.74 Å². The van der Waals surface area contributed by atoms with Gasteiger partial charge in [0.25, 0.3) is 5.91 Å². The second-order valence-electron chi connectivity index (χ2n) is 7.43. The molecule has 0 aromatic carbocycles. The molecule has 5 rings (SSSR count). The molecule has 0 radical (unpaired) electrons. The quantitative estimate of drug-likeness (QED) is 0.729. The van der Waals surface area contributed by atoms with Crippen LogP contribution in [0.5, 0.6) is 0 Å². The number of halogens is 1. The Morgan fingerprint density at radius 2 is 2.11 bits per heavy atom. The van der Waals surface area contributed by atoms with E-state index in [0.717, 1.165) is 17.8 Å². The van der Waals surface area contributed by atoms with Gasteiger partial charge < -0.3 is 10.1 Å². The lowest BCUT2D eigenvalue weighted by Crippen LogP contribution is -2.59. The first-order valence-corrected chi connectivity index (χ1v) is 10.1. The predicted octanol–water partition coefficient (Wildman–Crippen LogP) is 2.21. The Hall–Kier alpha value is -2.36. The van der Waals surface area contributed by atoms with Crippen molar-refractivity contribution in [3.05, 3.63) is 41.5 Å². The van der Waals surface area contributed by atoms with Gasteiger partial charge >= 0.3 is 0 Å². The van der Waals surface area contributed by atoms with E-state index in [9.17, 15) is 9.18 Å². The zero-order valence-electron chi connectivity index (χ0n) is 15.3. The van der Waals surface area contributed by atoms with Crippen molar-refractivity contribution in [2.45, 2.75) is 31.0 Å².